The Hall–Kier alpha value is -1.13. The molecule has 72 valence electrons. The van der Waals surface area contributed by atoms with Crippen LogP contribution in [0.1, 0.15) is 4.88 Å². The summed E-state index contributed by atoms with van der Waals surface area (Å²) in [6.07, 6.45) is 1.63. The van der Waals surface area contributed by atoms with E-state index in [-0.39, 0.29) is 5.15 Å². The van der Waals surface area contributed by atoms with Gasteiger partial charge in [-0.1, -0.05) is 11.6 Å². The fourth-order valence-electron chi connectivity index (χ4n) is 1.15. The molecule has 5 heteroatoms. The molecule has 0 spiro atoms. The molecule has 0 fully saturated rings. The van der Waals surface area contributed by atoms with E-state index in [1.165, 1.54) is 4.88 Å². The predicted octanol–water partition coefficient (Wildman–Crippen LogP) is 2.75. The molecule has 0 aliphatic rings. The first-order valence-corrected chi connectivity index (χ1v) is 5.21. The SMILES string of the molecule is Cc1ccc(-c2cnnc(Cl)c2N)s1. The summed E-state index contributed by atoms with van der Waals surface area (Å²) in [4.78, 5) is 2.30. The lowest BCUT2D eigenvalue weighted by molar-refractivity contribution is 1.04. The van der Waals surface area contributed by atoms with Crippen molar-refractivity contribution in [2.24, 2.45) is 0 Å². The zero-order valence-electron chi connectivity index (χ0n) is 7.49. The smallest absolute Gasteiger partial charge is 0.175 e. The Kier molecular flexibility index (Phi) is 2.39. The van der Waals surface area contributed by atoms with Gasteiger partial charge in [0.25, 0.3) is 0 Å². The highest BCUT2D eigenvalue weighted by atomic mass is 35.5. The summed E-state index contributed by atoms with van der Waals surface area (Å²) in [5, 5.41) is 7.70. The van der Waals surface area contributed by atoms with E-state index in [0.717, 1.165) is 10.4 Å². The Balaban J connectivity index is 2.57. The molecule has 0 atom stereocenters. The van der Waals surface area contributed by atoms with Gasteiger partial charge in [-0.05, 0) is 19.1 Å². The van der Waals surface area contributed by atoms with Crippen LogP contribution in [0.5, 0.6) is 0 Å². The number of hydrogen-bond donors (Lipinski definition) is 1. The number of nitrogens with zero attached hydrogens (tertiary/aromatic N) is 2. The second kappa shape index (κ2) is 3.55. The maximum atomic E-state index is 5.80. The van der Waals surface area contributed by atoms with Gasteiger partial charge < -0.3 is 5.73 Å². The number of anilines is 1. The Morgan fingerprint density at radius 2 is 2.21 bits per heavy atom. The van der Waals surface area contributed by atoms with Gasteiger partial charge >= 0.3 is 0 Å². The minimum absolute atomic E-state index is 0.258. The summed E-state index contributed by atoms with van der Waals surface area (Å²) >= 11 is 7.43. The molecule has 0 aliphatic carbocycles. The Morgan fingerprint density at radius 1 is 1.43 bits per heavy atom. The highest BCUT2D eigenvalue weighted by molar-refractivity contribution is 7.15. The molecule has 2 aromatic heterocycles. The second-order valence-corrected chi connectivity index (χ2v) is 4.52. The molecule has 0 saturated heterocycles. The molecule has 0 saturated carbocycles. The van der Waals surface area contributed by atoms with E-state index in [0.29, 0.717) is 5.69 Å². The van der Waals surface area contributed by atoms with Gasteiger partial charge in [0.05, 0.1) is 11.9 Å². The Morgan fingerprint density at radius 3 is 2.86 bits per heavy atom. The van der Waals surface area contributed by atoms with Gasteiger partial charge in [-0.2, -0.15) is 5.10 Å². The van der Waals surface area contributed by atoms with Crippen molar-refractivity contribution in [3.05, 3.63) is 28.4 Å². The fourth-order valence-corrected chi connectivity index (χ4v) is 2.18. The van der Waals surface area contributed by atoms with Gasteiger partial charge in [-0.3, -0.25) is 0 Å². The minimum atomic E-state index is 0.258. The maximum absolute atomic E-state index is 5.80. The van der Waals surface area contributed by atoms with Crippen LogP contribution in [0.15, 0.2) is 18.3 Å². The molecule has 0 aromatic carbocycles. The summed E-state index contributed by atoms with van der Waals surface area (Å²) in [6, 6.07) is 4.04. The third-order valence-corrected chi connectivity index (χ3v) is 3.16. The van der Waals surface area contributed by atoms with Crippen molar-refractivity contribution in [3.8, 4) is 10.4 Å². The van der Waals surface area contributed by atoms with Crippen LogP contribution in [0.25, 0.3) is 10.4 Å². The van der Waals surface area contributed by atoms with Gasteiger partial charge in [0.1, 0.15) is 0 Å². The summed E-state index contributed by atoms with van der Waals surface area (Å²) in [5.41, 5.74) is 7.14. The maximum Gasteiger partial charge on any atom is 0.175 e. The van der Waals surface area contributed by atoms with Gasteiger partial charge in [0.15, 0.2) is 5.15 Å². The molecule has 0 aliphatic heterocycles. The van der Waals surface area contributed by atoms with Crippen LogP contribution >= 0.6 is 22.9 Å². The number of hydrogen-bond acceptors (Lipinski definition) is 4. The van der Waals surface area contributed by atoms with E-state index in [1.807, 2.05) is 19.1 Å². The lowest BCUT2D eigenvalue weighted by Gasteiger charge is -2.01. The Bertz CT molecular complexity index is 467. The number of aryl methyl sites for hydroxylation is 1. The van der Waals surface area contributed by atoms with Crippen molar-refractivity contribution in [2.45, 2.75) is 6.92 Å². The summed E-state index contributed by atoms with van der Waals surface area (Å²) in [5.74, 6) is 0. The lowest BCUT2D eigenvalue weighted by atomic mass is 10.2. The average Bonchev–Trinajstić information content (AvgIpc) is 2.57. The molecule has 2 N–H and O–H groups in total. The summed E-state index contributed by atoms with van der Waals surface area (Å²) < 4.78 is 0. The van der Waals surface area contributed by atoms with Crippen LogP contribution in [0.2, 0.25) is 5.15 Å². The summed E-state index contributed by atoms with van der Waals surface area (Å²) in [7, 11) is 0. The topological polar surface area (TPSA) is 51.8 Å². The van der Waals surface area contributed by atoms with Crippen LogP contribution in [0, 0.1) is 6.92 Å². The van der Waals surface area contributed by atoms with E-state index in [1.54, 1.807) is 17.5 Å². The van der Waals surface area contributed by atoms with Crippen molar-refractivity contribution in [1.82, 2.24) is 10.2 Å². The van der Waals surface area contributed by atoms with Crippen LogP contribution in [0.3, 0.4) is 0 Å². The number of nitrogens with two attached hydrogens (primary N) is 1. The first-order chi connectivity index (χ1) is 6.68. The van der Waals surface area contributed by atoms with Crippen molar-refractivity contribution in [2.75, 3.05) is 5.73 Å². The second-order valence-electron chi connectivity index (χ2n) is 2.87. The largest absolute Gasteiger partial charge is 0.396 e. The van der Waals surface area contributed by atoms with Crippen LogP contribution in [-0.4, -0.2) is 10.2 Å². The third kappa shape index (κ3) is 1.58. The molecule has 2 rings (SSSR count). The predicted molar refractivity (Wildman–Crippen MR) is 59.5 cm³/mol. The summed E-state index contributed by atoms with van der Waals surface area (Å²) in [6.45, 7) is 2.04. The van der Waals surface area contributed by atoms with Crippen molar-refractivity contribution in [1.29, 1.82) is 0 Å². The van der Waals surface area contributed by atoms with Crippen molar-refractivity contribution in [3.63, 3.8) is 0 Å². The van der Waals surface area contributed by atoms with Gasteiger partial charge in [-0.25, -0.2) is 0 Å². The van der Waals surface area contributed by atoms with Crippen molar-refractivity contribution >= 4 is 28.6 Å². The molecule has 2 aromatic rings. The zero-order chi connectivity index (χ0) is 10.1. The average molecular weight is 226 g/mol. The highest BCUT2D eigenvalue weighted by Gasteiger charge is 2.08. The van der Waals surface area contributed by atoms with E-state index in [4.69, 9.17) is 17.3 Å². The van der Waals surface area contributed by atoms with E-state index in [9.17, 15) is 0 Å². The molecule has 0 bridgehead atoms. The molecule has 0 amide bonds. The van der Waals surface area contributed by atoms with E-state index >= 15 is 0 Å². The standard InChI is InChI=1S/C9H8ClN3S/c1-5-2-3-7(14-5)6-4-12-13-9(10)8(6)11/h2-4H,1H3,(H2,11,12). The molecular formula is C9H8ClN3S. The lowest BCUT2D eigenvalue weighted by Crippen LogP contribution is -1.94. The number of thiophene rings is 1. The molecule has 0 unspecified atom stereocenters. The molecule has 0 radical (unpaired) electrons. The molecule has 2 heterocycles. The van der Waals surface area contributed by atoms with Gasteiger partial charge in [0.2, 0.25) is 0 Å². The number of aromatic nitrogens is 2. The monoisotopic (exact) mass is 225 g/mol. The molecule has 14 heavy (non-hydrogen) atoms. The quantitative estimate of drug-likeness (QED) is 0.812. The van der Waals surface area contributed by atoms with Gasteiger partial charge in [-0.15, -0.1) is 16.4 Å². The van der Waals surface area contributed by atoms with Crippen LogP contribution < -0.4 is 5.73 Å². The van der Waals surface area contributed by atoms with Gasteiger partial charge in [0, 0.05) is 15.3 Å². The van der Waals surface area contributed by atoms with E-state index in [2.05, 4.69) is 10.2 Å². The minimum Gasteiger partial charge on any atom is -0.396 e. The van der Waals surface area contributed by atoms with Crippen molar-refractivity contribution < 1.29 is 0 Å². The Labute approximate surface area is 90.5 Å². The fraction of sp³-hybridized carbons (Fsp3) is 0.111. The number of halogens is 1. The highest BCUT2D eigenvalue weighted by Crippen LogP contribution is 2.33. The normalized spacial score (nSPS) is 10.4. The van der Waals surface area contributed by atoms with Crippen LogP contribution in [0.4, 0.5) is 5.69 Å². The molecule has 3 nitrogen and oxygen atoms in total. The van der Waals surface area contributed by atoms with E-state index < -0.39 is 0 Å². The number of nitrogen functional groups attached to an aromatic ring is 1. The first kappa shape index (κ1) is 9.43. The molecular weight excluding hydrogens is 218 g/mol. The first-order valence-electron chi connectivity index (χ1n) is 4.02. The third-order valence-electron chi connectivity index (χ3n) is 1.85. The van der Waals surface area contributed by atoms with Crippen LogP contribution in [-0.2, 0) is 0 Å². The zero-order valence-corrected chi connectivity index (χ0v) is 9.06. The number of rotatable bonds is 1.